The molecule has 6 fully saturated rings. The number of hydrogen-bond donors (Lipinski definition) is 1. The highest BCUT2D eigenvalue weighted by Crippen LogP contribution is 2.60. The van der Waals surface area contributed by atoms with E-state index in [1.807, 2.05) is 4.90 Å². The van der Waals surface area contributed by atoms with Crippen molar-refractivity contribution in [3.05, 3.63) is 0 Å². The molecule has 2 saturated heterocycles. The standard InChI is InChI=1S/C23H37N3O2/c27-21(26-6-2-1-3-7-26)16-25-8-4-20(5-9-25)24-22(28)23-13-17-10-18(14-23)12-19(11-17)15-23/h17-20H,1-16H2,(H,24,28). The molecule has 0 aromatic heterocycles. The lowest BCUT2D eigenvalue weighted by atomic mass is 9.49. The molecule has 5 heteroatoms. The second-order valence-corrected chi connectivity index (χ2v) is 10.7. The molecule has 28 heavy (non-hydrogen) atoms. The molecule has 6 rings (SSSR count). The minimum Gasteiger partial charge on any atom is -0.353 e. The molecular formula is C23H37N3O2. The van der Waals surface area contributed by atoms with E-state index in [-0.39, 0.29) is 5.41 Å². The molecule has 0 aromatic carbocycles. The maximum absolute atomic E-state index is 13.2. The molecule has 1 N–H and O–H groups in total. The Labute approximate surface area is 169 Å². The summed E-state index contributed by atoms with van der Waals surface area (Å²) >= 11 is 0. The maximum Gasteiger partial charge on any atom is 0.236 e. The number of nitrogens with one attached hydrogen (secondary N) is 1. The number of carbonyl (C=O) groups excluding carboxylic acids is 2. The Morgan fingerprint density at radius 2 is 1.39 bits per heavy atom. The molecule has 4 saturated carbocycles. The van der Waals surface area contributed by atoms with Gasteiger partial charge in [0.15, 0.2) is 0 Å². The summed E-state index contributed by atoms with van der Waals surface area (Å²) in [5.74, 6) is 3.13. The predicted octanol–water partition coefficient (Wildman–Crippen LogP) is 2.80. The van der Waals surface area contributed by atoms with E-state index in [0.29, 0.717) is 24.4 Å². The quantitative estimate of drug-likeness (QED) is 0.807. The predicted molar refractivity (Wildman–Crippen MR) is 109 cm³/mol. The molecule has 6 aliphatic rings. The molecular weight excluding hydrogens is 350 g/mol. The van der Waals surface area contributed by atoms with Crippen LogP contribution in [0.4, 0.5) is 0 Å². The summed E-state index contributed by atoms with van der Waals surface area (Å²) in [4.78, 5) is 30.1. The summed E-state index contributed by atoms with van der Waals surface area (Å²) in [6.07, 6.45) is 13.2. The fourth-order valence-corrected chi connectivity index (χ4v) is 7.40. The Kier molecular flexibility index (Phi) is 5.14. The van der Waals surface area contributed by atoms with E-state index in [1.54, 1.807) is 0 Å². The number of rotatable bonds is 4. The van der Waals surface area contributed by atoms with Crippen molar-refractivity contribution in [3.63, 3.8) is 0 Å². The Morgan fingerprint density at radius 3 is 1.96 bits per heavy atom. The molecule has 0 atom stereocenters. The molecule has 0 aromatic rings. The summed E-state index contributed by atoms with van der Waals surface area (Å²) in [7, 11) is 0. The first-order chi connectivity index (χ1) is 13.6. The summed E-state index contributed by atoms with van der Waals surface area (Å²) < 4.78 is 0. The summed E-state index contributed by atoms with van der Waals surface area (Å²) in [6, 6.07) is 0.307. The van der Waals surface area contributed by atoms with E-state index in [4.69, 9.17) is 0 Å². The molecule has 4 aliphatic carbocycles. The Hall–Kier alpha value is -1.10. The number of nitrogens with zero attached hydrogens (tertiary/aromatic N) is 2. The van der Waals surface area contributed by atoms with Gasteiger partial charge in [-0.05, 0) is 88.4 Å². The van der Waals surface area contributed by atoms with Gasteiger partial charge < -0.3 is 10.2 Å². The third-order valence-corrected chi connectivity index (χ3v) is 8.51. The molecule has 0 unspecified atom stereocenters. The van der Waals surface area contributed by atoms with Gasteiger partial charge >= 0.3 is 0 Å². The largest absolute Gasteiger partial charge is 0.353 e. The molecule has 0 radical (unpaired) electrons. The van der Waals surface area contributed by atoms with Crippen LogP contribution in [0.5, 0.6) is 0 Å². The number of piperidine rings is 2. The van der Waals surface area contributed by atoms with Gasteiger partial charge in [-0.2, -0.15) is 0 Å². The van der Waals surface area contributed by atoms with Gasteiger partial charge in [0.25, 0.3) is 0 Å². The van der Waals surface area contributed by atoms with Crippen LogP contribution in [0.25, 0.3) is 0 Å². The van der Waals surface area contributed by atoms with E-state index in [0.717, 1.165) is 88.9 Å². The monoisotopic (exact) mass is 387 g/mol. The zero-order chi connectivity index (χ0) is 19.1. The molecule has 0 spiro atoms. The summed E-state index contributed by atoms with van der Waals surface area (Å²) in [5.41, 5.74) is -0.0316. The number of carbonyl (C=O) groups is 2. The lowest BCUT2D eigenvalue weighted by molar-refractivity contribution is -0.147. The Balaban J connectivity index is 1.10. The van der Waals surface area contributed by atoms with Crippen molar-refractivity contribution in [1.29, 1.82) is 0 Å². The van der Waals surface area contributed by atoms with Crippen molar-refractivity contribution in [1.82, 2.24) is 15.1 Å². The molecule has 4 bridgehead atoms. The third-order valence-electron chi connectivity index (χ3n) is 8.51. The van der Waals surface area contributed by atoms with E-state index in [9.17, 15) is 9.59 Å². The molecule has 2 aliphatic heterocycles. The van der Waals surface area contributed by atoms with Crippen molar-refractivity contribution in [3.8, 4) is 0 Å². The van der Waals surface area contributed by atoms with Crippen molar-refractivity contribution in [2.45, 2.75) is 76.7 Å². The average molecular weight is 388 g/mol. The second-order valence-electron chi connectivity index (χ2n) is 10.7. The Bertz CT molecular complexity index is 570. The number of likely N-dealkylation sites (tertiary alicyclic amines) is 2. The van der Waals surface area contributed by atoms with Crippen molar-refractivity contribution < 1.29 is 9.59 Å². The summed E-state index contributed by atoms with van der Waals surface area (Å²) in [5, 5.41) is 3.45. The molecule has 2 heterocycles. The van der Waals surface area contributed by atoms with Crippen LogP contribution >= 0.6 is 0 Å². The van der Waals surface area contributed by atoms with Crippen LogP contribution in [0.15, 0.2) is 0 Å². The van der Waals surface area contributed by atoms with E-state index >= 15 is 0 Å². The van der Waals surface area contributed by atoms with Crippen LogP contribution in [0.3, 0.4) is 0 Å². The van der Waals surface area contributed by atoms with Gasteiger partial charge in [0, 0.05) is 37.6 Å². The molecule has 156 valence electrons. The van der Waals surface area contributed by atoms with Crippen LogP contribution < -0.4 is 5.32 Å². The third kappa shape index (κ3) is 3.71. The topological polar surface area (TPSA) is 52.7 Å². The van der Waals surface area contributed by atoms with Crippen molar-refractivity contribution in [2.24, 2.45) is 23.2 Å². The molecule has 5 nitrogen and oxygen atoms in total. The van der Waals surface area contributed by atoms with E-state index < -0.39 is 0 Å². The van der Waals surface area contributed by atoms with Gasteiger partial charge in [0.1, 0.15) is 0 Å². The fourth-order valence-electron chi connectivity index (χ4n) is 7.40. The van der Waals surface area contributed by atoms with Crippen LogP contribution in [0.1, 0.15) is 70.6 Å². The lowest BCUT2D eigenvalue weighted by Crippen LogP contribution is -2.56. The average Bonchev–Trinajstić information content (AvgIpc) is 2.69. The smallest absolute Gasteiger partial charge is 0.236 e. The van der Waals surface area contributed by atoms with Gasteiger partial charge in [-0.3, -0.25) is 14.5 Å². The highest BCUT2D eigenvalue weighted by Gasteiger charge is 2.54. The van der Waals surface area contributed by atoms with E-state index in [2.05, 4.69) is 10.2 Å². The fraction of sp³-hybridized carbons (Fsp3) is 0.913. The van der Waals surface area contributed by atoms with Crippen LogP contribution in [0.2, 0.25) is 0 Å². The number of hydrogen-bond acceptors (Lipinski definition) is 3. The first-order valence-electron chi connectivity index (χ1n) is 11.9. The highest BCUT2D eigenvalue weighted by molar-refractivity contribution is 5.83. The maximum atomic E-state index is 13.2. The van der Waals surface area contributed by atoms with Gasteiger partial charge in [-0.15, -0.1) is 0 Å². The van der Waals surface area contributed by atoms with Gasteiger partial charge in [0.2, 0.25) is 11.8 Å². The first-order valence-corrected chi connectivity index (χ1v) is 11.9. The Morgan fingerprint density at radius 1 is 0.821 bits per heavy atom. The zero-order valence-corrected chi connectivity index (χ0v) is 17.3. The lowest BCUT2D eigenvalue weighted by Gasteiger charge is -2.56. The second kappa shape index (κ2) is 7.62. The van der Waals surface area contributed by atoms with Gasteiger partial charge in [0.05, 0.1) is 6.54 Å². The molecule has 2 amide bonds. The van der Waals surface area contributed by atoms with Gasteiger partial charge in [-0.1, -0.05) is 0 Å². The SMILES string of the molecule is O=C(CN1CCC(NC(=O)C23CC4CC(CC(C4)C2)C3)CC1)N1CCCCC1. The normalized spacial score (nSPS) is 38.6. The summed E-state index contributed by atoms with van der Waals surface area (Å²) in [6.45, 7) is 4.32. The van der Waals surface area contributed by atoms with Crippen LogP contribution in [-0.2, 0) is 9.59 Å². The zero-order valence-electron chi connectivity index (χ0n) is 17.3. The van der Waals surface area contributed by atoms with Crippen molar-refractivity contribution in [2.75, 3.05) is 32.7 Å². The van der Waals surface area contributed by atoms with Crippen LogP contribution in [0, 0.1) is 23.2 Å². The van der Waals surface area contributed by atoms with Gasteiger partial charge in [-0.25, -0.2) is 0 Å². The minimum atomic E-state index is -0.0316. The van der Waals surface area contributed by atoms with Crippen molar-refractivity contribution >= 4 is 11.8 Å². The first kappa shape index (κ1) is 18.9. The number of amides is 2. The highest BCUT2D eigenvalue weighted by atomic mass is 16.2. The van der Waals surface area contributed by atoms with E-state index in [1.165, 1.54) is 25.7 Å². The minimum absolute atomic E-state index is 0.0316. The van der Waals surface area contributed by atoms with Crippen LogP contribution in [-0.4, -0.2) is 60.4 Å².